The first-order chi connectivity index (χ1) is 30.9. The molecule has 362 valence electrons. The summed E-state index contributed by atoms with van der Waals surface area (Å²) in [6, 6.07) is 42.9. The Labute approximate surface area is 416 Å². The largest absolute Gasteiger partial charge is 0.0622 e. The van der Waals surface area contributed by atoms with Crippen LogP contribution in [0.3, 0.4) is 0 Å². The van der Waals surface area contributed by atoms with E-state index in [-0.39, 0.29) is 43.3 Å². The molecule has 68 heavy (non-hydrogen) atoms. The number of hydrogen-bond acceptors (Lipinski definition) is 0. The zero-order valence-electron chi connectivity index (χ0n) is 47.4. The first-order valence-electron chi connectivity index (χ1n) is 25.7. The molecule has 6 rings (SSSR count). The monoisotopic (exact) mass is 907 g/mol. The van der Waals surface area contributed by atoms with Crippen molar-refractivity contribution >= 4 is 0 Å². The van der Waals surface area contributed by atoms with Crippen molar-refractivity contribution < 1.29 is 0 Å². The van der Waals surface area contributed by atoms with E-state index in [4.69, 9.17) is 0 Å². The van der Waals surface area contributed by atoms with Crippen LogP contribution < -0.4 is 0 Å². The van der Waals surface area contributed by atoms with Crippen LogP contribution in [-0.4, -0.2) is 0 Å². The lowest BCUT2D eigenvalue weighted by atomic mass is 9.65. The molecule has 0 nitrogen and oxygen atoms in total. The Morgan fingerprint density at radius 2 is 0.471 bits per heavy atom. The summed E-state index contributed by atoms with van der Waals surface area (Å²) in [6.07, 6.45) is 0. The van der Waals surface area contributed by atoms with E-state index >= 15 is 0 Å². The van der Waals surface area contributed by atoms with Crippen molar-refractivity contribution in [1.82, 2.24) is 0 Å². The van der Waals surface area contributed by atoms with Gasteiger partial charge in [0, 0.05) is 0 Å². The molecule has 0 aliphatic heterocycles. The smallest absolute Gasteiger partial charge is 0.00110 e. The van der Waals surface area contributed by atoms with E-state index in [1.165, 1.54) is 100 Å². The second kappa shape index (κ2) is 17.6. The van der Waals surface area contributed by atoms with E-state index in [0.717, 1.165) is 0 Å². The predicted molar refractivity (Wildman–Crippen MR) is 303 cm³/mol. The van der Waals surface area contributed by atoms with Gasteiger partial charge in [-0.2, -0.15) is 0 Å². The minimum atomic E-state index is -0.195. The van der Waals surface area contributed by atoms with Gasteiger partial charge in [0.1, 0.15) is 0 Å². The van der Waals surface area contributed by atoms with Gasteiger partial charge in [0.05, 0.1) is 0 Å². The molecule has 6 aromatic rings. The van der Waals surface area contributed by atoms with Gasteiger partial charge in [0.2, 0.25) is 0 Å². The quantitative estimate of drug-likeness (QED) is 0.162. The van der Waals surface area contributed by atoms with Gasteiger partial charge in [-0.1, -0.05) is 269 Å². The molecule has 0 spiro atoms. The zero-order chi connectivity index (χ0) is 51.1. The molecule has 0 bridgehead atoms. The van der Waals surface area contributed by atoms with Gasteiger partial charge in [-0.3, -0.25) is 0 Å². The zero-order valence-corrected chi connectivity index (χ0v) is 47.4. The summed E-state index contributed by atoms with van der Waals surface area (Å²) in [7, 11) is 0. The Morgan fingerprint density at radius 1 is 0.206 bits per heavy atom. The molecular weight excluding hydrogens is 817 g/mol. The van der Waals surface area contributed by atoms with Gasteiger partial charge in [-0.05, 0) is 150 Å². The molecule has 0 aliphatic rings. The fourth-order valence-electron chi connectivity index (χ4n) is 11.4. The second-order valence-corrected chi connectivity index (χ2v) is 28.4. The average molecular weight is 907 g/mol. The highest BCUT2D eigenvalue weighted by atomic mass is 14.4. The van der Waals surface area contributed by atoms with Crippen LogP contribution in [0.25, 0.3) is 55.6 Å². The van der Waals surface area contributed by atoms with Crippen LogP contribution in [0.15, 0.2) is 109 Å². The molecule has 0 fully saturated rings. The minimum Gasteiger partial charge on any atom is -0.0622 e. The van der Waals surface area contributed by atoms with E-state index in [1.807, 2.05) is 0 Å². The highest BCUT2D eigenvalue weighted by Gasteiger charge is 2.38. The van der Waals surface area contributed by atoms with Crippen molar-refractivity contribution in [3.05, 3.63) is 154 Å². The molecule has 0 amide bonds. The summed E-state index contributed by atoms with van der Waals surface area (Å²) in [5.41, 5.74) is 23.2. The summed E-state index contributed by atoms with van der Waals surface area (Å²) in [4.78, 5) is 0. The van der Waals surface area contributed by atoms with E-state index in [1.54, 1.807) is 0 Å². The first-order valence-corrected chi connectivity index (χ1v) is 25.7. The molecule has 0 aromatic heterocycles. The standard InChI is InChI=1S/C68H90/c1-61(2,3)50-38-28-34-44(57(50)65(13,14)15)49-42-48(43-32-26-25-27-33-43)54(45-35-29-39-51(62(4,5)6)58(45)66(16,17)18)56(47-37-31-41-53(64(10,11)12)60(47)68(22,23)24)55(49)46-36-30-40-52(63(7,8)9)59(46)67(19,20)21/h25-42H,1-24H3. The predicted octanol–water partition coefficient (Wildman–Crippen LogP) is 20.4. The van der Waals surface area contributed by atoms with Gasteiger partial charge in [0.25, 0.3) is 0 Å². The van der Waals surface area contributed by atoms with E-state index < -0.39 is 0 Å². The SMILES string of the molecule is CC(C)(C)c1cccc(-c2cc(-c3ccccc3)c(-c3cccc(C(C)(C)C)c3C(C)(C)C)c(-c3cccc(C(C)(C)C)c3C(C)(C)C)c2-c2cccc(C(C)(C)C)c2C(C)(C)C)c1C(C)(C)C. The third-order valence-corrected chi connectivity index (χ3v) is 14.0. The fraction of sp³-hybridized carbons (Fsp3) is 0.471. The number of benzene rings is 6. The third kappa shape index (κ3) is 10.3. The van der Waals surface area contributed by atoms with Crippen LogP contribution in [0.1, 0.15) is 211 Å². The van der Waals surface area contributed by atoms with E-state index in [0.29, 0.717) is 0 Å². The Kier molecular flexibility index (Phi) is 13.7. The molecule has 0 heteroatoms. The third-order valence-electron chi connectivity index (χ3n) is 14.0. The lowest BCUT2D eigenvalue weighted by Gasteiger charge is -2.38. The second-order valence-electron chi connectivity index (χ2n) is 28.4. The van der Waals surface area contributed by atoms with Gasteiger partial charge < -0.3 is 0 Å². The van der Waals surface area contributed by atoms with Gasteiger partial charge in [-0.25, -0.2) is 0 Å². The Hall–Kier alpha value is -4.68. The van der Waals surface area contributed by atoms with Crippen LogP contribution in [0.5, 0.6) is 0 Å². The molecule has 0 aliphatic carbocycles. The van der Waals surface area contributed by atoms with Gasteiger partial charge >= 0.3 is 0 Å². The van der Waals surface area contributed by atoms with Gasteiger partial charge in [0.15, 0.2) is 0 Å². The van der Waals surface area contributed by atoms with Crippen LogP contribution >= 0.6 is 0 Å². The molecule has 0 atom stereocenters. The van der Waals surface area contributed by atoms with Gasteiger partial charge in [-0.15, -0.1) is 0 Å². The van der Waals surface area contributed by atoms with Crippen molar-refractivity contribution in [2.45, 2.75) is 209 Å². The summed E-state index contributed by atoms with van der Waals surface area (Å²) in [6.45, 7) is 57.9. The number of rotatable bonds is 5. The minimum absolute atomic E-state index is 0.0814. The van der Waals surface area contributed by atoms with E-state index in [9.17, 15) is 0 Å². The van der Waals surface area contributed by atoms with Crippen molar-refractivity contribution in [1.29, 1.82) is 0 Å². The highest BCUT2D eigenvalue weighted by molar-refractivity contribution is 6.10. The lowest BCUT2D eigenvalue weighted by molar-refractivity contribution is 0.530. The molecule has 6 aromatic carbocycles. The maximum atomic E-state index is 2.64. The normalized spacial score (nSPS) is 13.6. The molecule has 0 N–H and O–H groups in total. The average Bonchev–Trinajstić information content (AvgIpc) is 3.19. The Balaban J connectivity index is 2.20. The van der Waals surface area contributed by atoms with Crippen LogP contribution in [0.2, 0.25) is 0 Å². The Bertz CT molecular complexity index is 2800. The lowest BCUT2D eigenvalue weighted by Crippen LogP contribution is -2.25. The highest BCUT2D eigenvalue weighted by Crippen LogP contribution is 2.58. The molecule has 0 heterocycles. The summed E-state index contributed by atoms with van der Waals surface area (Å²) in [5.74, 6) is 0. The first kappa shape index (κ1) is 52.7. The maximum absolute atomic E-state index is 2.64. The topological polar surface area (TPSA) is 0 Å². The van der Waals surface area contributed by atoms with Crippen molar-refractivity contribution in [3.8, 4) is 55.6 Å². The fourth-order valence-corrected chi connectivity index (χ4v) is 11.4. The molecule has 0 saturated heterocycles. The number of hydrogen-bond donors (Lipinski definition) is 0. The molecule has 0 saturated carbocycles. The summed E-state index contributed by atoms with van der Waals surface area (Å²) < 4.78 is 0. The summed E-state index contributed by atoms with van der Waals surface area (Å²) in [5, 5.41) is 0. The van der Waals surface area contributed by atoms with Crippen LogP contribution in [-0.2, 0) is 43.3 Å². The van der Waals surface area contributed by atoms with Crippen molar-refractivity contribution in [3.63, 3.8) is 0 Å². The molecule has 0 unspecified atom stereocenters. The molecular formula is C68H90. The molecule has 0 radical (unpaired) electrons. The van der Waals surface area contributed by atoms with Crippen molar-refractivity contribution in [2.75, 3.05) is 0 Å². The Morgan fingerprint density at radius 3 is 0.765 bits per heavy atom. The van der Waals surface area contributed by atoms with Crippen molar-refractivity contribution in [2.24, 2.45) is 0 Å². The maximum Gasteiger partial charge on any atom is -0.00110 e. The van der Waals surface area contributed by atoms with Crippen LogP contribution in [0.4, 0.5) is 0 Å². The van der Waals surface area contributed by atoms with E-state index in [2.05, 4.69) is 275 Å². The van der Waals surface area contributed by atoms with Crippen LogP contribution in [0, 0.1) is 0 Å². The summed E-state index contributed by atoms with van der Waals surface area (Å²) >= 11 is 0.